The molecule has 3 rings (SSSR count). The first-order valence-corrected chi connectivity index (χ1v) is 7.56. The lowest BCUT2D eigenvalue weighted by Crippen LogP contribution is -2.11. The molecule has 4 nitrogen and oxygen atoms in total. The van der Waals surface area contributed by atoms with E-state index in [0.29, 0.717) is 13.0 Å². The number of carbonyl (C=O) groups excluding carboxylic acids is 1. The first-order chi connectivity index (χ1) is 11.4. The number of aldehydes is 1. The maximum absolute atomic E-state index is 10.9. The minimum Gasteiger partial charge on any atom is -0.489 e. The third-order valence-corrected chi connectivity index (χ3v) is 3.68. The van der Waals surface area contributed by atoms with Gasteiger partial charge in [0.25, 0.3) is 0 Å². The number of nitrogens with zero attached hydrogens (tertiary/aromatic N) is 2. The van der Waals surface area contributed by atoms with E-state index in [4.69, 9.17) is 4.74 Å². The van der Waals surface area contributed by atoms with Crippen LogP contribution in [0.2, 0.25) is 0 Å². The molecule has 0 saturated heterocycles. The fourth-order valence-electron chi connectivity index (χ4n) is 2.48. The molecule has 23 heavy (non-hydrogen) atoms. The van der Waals surface area contributed by atoms with Crippen molar-refractivity contribution in [3.8, 4) is 5.75 Å². The van der Waals surface area contributed by atoms with Crippen molar-refractivity contribution < 1.29 is 9.53 Å². The molecule has 1 aromatic heterocycles. The summed E-state index contributed by atoms with van der Waals surface area (Å²) in [4.78, 5) is 10.9. The van der Waals surface area contributed by atoms with Crippen LogP contribution in [-0.4, -0.2) is 16.1 Å². The van der Waals surface area contributed by atoms with E-state index in [9.17, 15) is 4.79 Å². The highest BCUT2D eigenvalue weighted by molar-refractivity contribution is 5.51. The fourth-order valence-corrected chi connectivity index (χ4v) is 2.48. The van der Waals surface area contributed by atoms with Gasteiger partial charge < -0.3 is 9.53 Å². The van der Waals surface area contributed by atoms with Crippen molar-refractivity contribution in [1.82, 2.24) is 9.78 Å². The maximum atomic E-state index is 10.9. The molecule has 0 aliphatic heterocycles. The van der Waals surface area contributed by atoms with Crippen LogP contribution in [0.4, 0.5) is 0 Å². The number of aromatic nitrogens is 2. The molecule has 0 spiro atoms. The van der Waals surface area contributed by atoms with Crippen molar-refractivity contribution in [3.63, 3.8) is 0 Å². The summed E-state index contributed by atoms with van der Waals surface area (Å²) in [5.74, 6) is 0.808. The van der Waals surface area contributed by atoms with E-state index >= 15 is 0 Å². The molecule has 1 unspecified atom stereocenters. The van der Waals surface area contributed by atoms with Crippen molar-refractivity contribution in [2.24, 2.45) is 0 Å². The Kier molecular flexibility index (Phi) is 4.84. The molecule has 0 saturated carbocycles. The Labute approximate surface area is 135 Å². The van der Waals surface area contributed by atoms with Crippen molar-refractivity contribution in [2.45, 2.75) is 19.1 Å². The Morgan fingerprint density at radius 1 is 1.04 bits per heavy atom. The molecule has 0 aliphatic carbocycles. The second-order valence-electron chi connectivity index (χ2n) is 5.25. The van der Waals surface area contributed by atoms with Gasteiger partial charge in [0.15, 0.2) is 0 Å². The molecule has 1 atom stereocenters. The van der Waals surface area contributed by atoms with Gasteiger partial charge in [-0.25, -0.2) is 0 Å². The molecule has 0 aliphatic rings. The molecule has 0 amide bonds. The van der Waals surface area contributed by atoms with Crippen molar-refractivity contribution >= 4 is 6.29 Å². The van der Waals surface area contributed by atoms with Crippen molar-refractivity contribution in [1.29, 1.82) is 0 Å². The second kappa shape index (κ2) is 7.40. The zero-order valence-electron chi connectivity index (χ0n) is 12.7. The molecule has 2 aromatic carbocycles. The molecule has 4 heteroatoms. The predicted octanol–water partition coefficient (Wildman–Crippen LogP) is 3.64. The first-order valence-electron chi connectivity index (χ1n) is 7.56. The Balaban J connectivity index is 1.69. The monoisotopic (exact) mass is 306 g/mol. The van der Waals surface area contributed by atoms with Gasteiger partial charge in [0.2, 0.25) is 0 Å². The molecular formula is C19H18N2O2. The van der Waals surface area contributed by atoms with Gasteiger partial charge in [0.05, 0.1) is 6.04 Å². The van der Waals surface area contributed by atoms with Gasteiger partial charge in [0.1, 0.15) is 18.6 Å². The summed E-state index contributed by atoms with van der Waals surface area (Å²) in [6.07, 6.45) is 4.90. The van der Waals surface area contributed by atoms with E-state index in [0.717, 1.165) is 23.2 Å². The average Bonchev–Trinajstić information content (AvgIpc) is 3.14. The highest BCUT2D eigenvalue weighted by atomic mass is 16.5. The molecule has 1 heterocycles. The van der Waals surface area contributed by atoms with Crippen LogP contribution in [0.1, 0.15) is 23.6 Å². The maximum Gasteiger partial charge on any atom is 0.122 e. The van der Waals surface area contributed by atoms with E-state index in [-0.39, 0.29) is 6.04 Å². The fraction of sp³-hybridized carbons (Fsp3) is 0.158. The van der Waals surface area contributed by atoms with Crippen LogP contribution < -0.4 is 4.74 Å². The SMILES string of the molecule is O=CCC(c1ccc(OCc2ccccc2)cc1)n1cccn1. The van der Waals surface area contributed by atoms with Crippen LogP contribution in [0.15, 0.2) is 73.1 Å². The van der Waals surface area contributed by atoms with Crippen LogP contribution in [0.5, 0.6) is 5.75 Å². The topological polar surface area (TPSA) is 44.1 Å². The largest absolute Gasteiger partial charge is 0.489 e. The third kappa shape index (κ3) is 3.86. The second-order valence-corrected chi connectivity index (χ2v) is 5.25. The van der Waals surface area contributed by atoms with Crippen LogP contribution in [0.3, 0.4) is 0 Å². The molecule has 0 N–H and O–H groups in total. The number of benzene rings is 2. The Hall–Kier alpha value is -2.88. The smallest absolute Gasteiger partial charge is 0.122 e. The minimum absolute atomic E-state index is 0.0781. The molecule has 0 radical (unpaired) electrons. The van der Waals surface area contributed by atoms with Gasteiger partial charge in [0, 0.05) is 18.8 Å². The van der Waals surface area contributed by atoms with Crippen LogP contribution >= 0.6 is 0 Å². The van der Waals surface area contributed by atoms with Gasteiger partial charge in [-0.3, -0.25) is 4.68 Å². The van der Waals surface area contributed by atoms with E-state index in [1.807, 2.05) is 66.9 Å². The Morgan fingerprint density at radius 2 is 1.83 bits per heavy atom. The summed E-state index contributed by atoms with van der Waals surface area (Å²) in [5.41, 5.74) is 2.17. The zero-order chi connectivity index (χ0) is 15.9. The number of ether oxygens (including phenoxy) is 1. The van der Waals surface area contributed by atoms with E-state index in [1.54, 1.807) is 10.9 Å². The Morgan fingerprint density at radius 3 is 2.48 bits per heavy atom. The van der Waals surface area contributed by atoms with Gasteiger partial charge in [-0.2, -0.15) is 5.10 Å². The lowest BCUT2D eigenvalue weighted by Gasteiger charge is -2.16. The summed E-state index contributed by atoms with van der Waals surface area (Å²) < 4.78 is 7.59. The molecular weight excluding hydrogens is 288 g/mol. The molecule has 3 aromatic rings. The summed E-state index contributed by atoms with van der Waals surface area (Å²) in [6, 6.07) is 19.6. The number of hydrogen-bond acceptors (Lipinski definition) is 3. The van der Waals surface area contributed by atoms with Crippen molar-refractivity contribution in [3.05, 3.63) is 84.2 Å². The highest BCUT2D eigenvalue weighted by Gasteiger charge is 2.13. The van der Waals surface area contributed by atoms with E-state index < -0.39 is 0 Å². The summed E-state index contributed by atoms with van der Waals surface area (Å²) in [6.45, 7) is 0.539. The normalized spacial score (nSPS) is 11.8. The summed E-state index contributed by atoms with van der Waals surface area (Å²) >= 11 is 0. The van der Waals surface area contributed by atoms with E-state index in [2.05, 4.69) is 5.10 Å². The van der Waals surface area contributed by atoms with Crippen molar-refractivity contribution in [2.75, 3.05) is 0 Å². The molecule has 0 bridgehead atoms. The number of hydrogen-bond donors (Lipinski definition) is 0. The molecule has 0 fully saturated rings. The number of rotatable bonds is 7. The summed E-state index contributed by atoms with van der Waals surface area (Å²) in [7, 11) is 0. The van der Waals surface area contributed by atoms with Gasteiger partial charge in [-0.05, 0) is 29.3 Å². The quantitative estimate of drug-likeness (QED) is 0.626. The lowest BCUT2D eigenvalue weighted by molar-refractivity contribution is -0.108. The van der Waals surface area contributed by atoms with Crippen LogP contribution in [-0.2, 0) is 11.4 Å². The number of carbonyl (C=O) groups is 1. The van der Waals surface area contributed by atoms with Gasteiger partial charge >= 0.3 is 0 Å². The first kappa shape index (κ1) is 15.0. The van der Waals surface area contributed by atoms with E-state index in [1.165, 1.54) is 0 Å². The van der Waals surface area contributed by atoms with Crippen LogP contribution in [0.25, 0.3) is 0 Å². The Bertz CT molecular complexity index is 722. The zero-order valence-corrected chi connectivity index (χ0v) is 12.7. The molecule has 116 valence electrons. The average molecular weight is 306 g/mol. The third-order valence-electron chi connectivity index (χ3n) is 3.68. The van der Waals surface area contributed by atoms with Gasteiger partial charge in [-0.1, -0.05) is 42.5 Å². The lowest BCUT2D eigenvalue weighted by atomic mass is 10.0. The minimum atomic E-state index is -0.0781. The van der Waals surface area contributed by atoms with Crippen LogP contribution in [0, 0.1) is 0 Å². The highest BCUT2D eigenvalue weighted by Crippen LogP contribution is 2.23. The predicted molar refractivity (Wildman–Crippen MR) is 88.3 cm³/mol. The van der Waals surface area contributed by atoms with Gasteiger partial charge in [-0.15, -0.1) is 0 Å². The standard InChI is InChI=1S/C19H18N2O2/c22-14-11-19(21-13-4-12-20-21)17-7-9-18(10-8-17)23-15-16-5-2-1-3-6-16/h1-10,12-14,19H,11,15H2. The summed E-state index contributed by atoms with van der Waals surface area (Å²) in [5, 5.41) is 4.24.